The molecule has 1 aliphatic rings. The van der Waals surface area contributed by atoms with Gasteiger partial charge in [0, 0.05) is 24.2 Å². The molecule has 2 N–H and O–H groups in total. The van der Waals surface area contributed by atoms with Crippen molar-refractivity contribution >= 4 is 23.3 Å². The fourth-order valence-corrected chi connectivity index (χ4v) is 2.48. The molecule has 0 aliphatic carbocycles. The molecule has 0 saturated carbocycles. The molecule has 1 saturated heterocycles. The normalized spacial score (nSPS) is 15.5. The second kappa shape index (κ2) is 6.38. The van der Waals surface area contributed by atoms with Crippen LogP contribution in [0.1, 0.15) is 50.4 Å². The van der Waals surface area contributed by atoms with Crippen molar-refractivity contribution in [2.45, 2.75) is 40.0 Å². The molecule has 1 aromatic carbocycles. The first kappa shape index (κ1) is 16.3. The van der Waals surface area contributed by atoms with Gasteiger partial charge in [-0.25, -0.2) is 4.79 Å². The number of carboxylic acid groups (broad SMARTS) is 1. The lowest BCUT2D eigenvalue weighted by atomic mass is 9.95. The summed E-state index contributed by atoms with van der Waals surface area (Å²) in [5.41, 5.74) is 0.834. The lowest BCUT2D eigenvalue weighted by molar-refractivity contribution is -0.123. The Bertz CT molecular complexity index is 570. The average Bonchev–Trinajstić information content (AvgIpc) is 2.47. The van der Waals surface area contributed by atoms with E-state index in [4.69, 9.17) is 0 Å². The number of aromatic carboxylic acids is 1. The van der Waals surface area contributed by atoms with Crippen molar-refractivity contribution in [3.05, 3.63) is 23.8 Å². The van der Waals surface area contributed by atoms with Crippen LogP contribution < -0.4 is 10.2 Å². The summed E-state index contributed by atoms with van der Waals surface area (Å²) in [5, 5.41) is 12.2. The number of hydrogen-bond acceptors (Lipinski definition) is 3. The van der Waals surface area contributed by atoms with E-state index in [2.05, 4.69) is 10.2 Å². The molecule has 0 aromatic heterocycles. The number of amides is 1. The smallest absolute Gasteiger partial charge is 0.337 e. The van der Waals surface area contributed by atoms with Gasteiger partial charge in [-0.15, -0.1) is 0 Å². The van der Waals surface area contributed by atoms with Gasteiger partial charge < -0.3 is 15.3 Å². The summed E-state index contributed by atoms with van der Waals surface area (Å²) in [6.45, 7) is 7.29. The maximum Gasteiger partial charge on any atom is 0.337 e. The molecule has 0 unspecified atom stereocenters. The Kier molecular flexibility index (Phi) is 4.74. The van der Waals surface area contributed by atoms with Crippen LogP contribution in [0.2, 0.25) is 0 Å². The Labute approximate surface area is 131 Å². The van der Waals surface area contributed by atoms with Crippen molar-refractivity contribution < 1.29 is 14.7 Å². The predicted octanol–water partition coefficient (Wildman–Crippen LogP) is 3.36. The number of nitrogens with zero attached hydrogens (tertiary/aromatic N) is 1. The Morgan fingerprint density at radius 1 is 1.14 bits per heavy atom. The van der Waals surface area contributed by atoms with Crippen LogP contribution in [0.15, 0.2) is 18.2 Å². The van der Waals surface area contributed by atoms with E-state index in [0.29, 0.717) is 5.69 Å². The van der Waals surface area contributed by atoms with Gasteiger partial charge in [-0.2, -0.15) is 0 Å². The minimum Gasteiger partial charge on any atom is -0.478 e. The molecular weight excluding hydrogens is 280 g/mol. The highest BCUT2D eigenvalue weighted by molar-refractivity contribution is 6.02. The summed E-state index contributed by atoms with van der Waals surface area (Å²) >= 11 is 0. The van der Waals surface area contributed by atoms with Crippen LogP contribution in [0.5, 0.6) is 0 Å². The van der Waals surface area contributed by atoms with Crippen LogP contribution in [0.3, 0.4) is 0 Å². The molecule has 2 rings (SSSR count). The molecular formula is C17H24N2O3. The van der Waals surface area contributed by atoms with Crippen molar-refractivity contribution in [1.82, 2.24) is 0 Å². The van der Waals surface area contributed by atoms with Crippen molar-refractivity contribution in [2.24, 2.45) is 5.41 Å². The van der Waals surface area contributed by atoms with Crippen LogP contribution in [0, 0.1) is 5.41 Å². The molecule has 22 heavy (non-hydrogen) atoms. The van der Waals surface area contributed by atoms with E-state index in [1.54, 1.807) is 32.9 Å². The largest absolute Gasteiger partial charge is 0.478 e. The number of carbonyl (C=O) groups excluding carboxylic acids is 1. The van der Waals surface area contributed by atoms with E-state index in [1.807, 2.05) is 6.07 Å². The number of carbonyl (C=O) groups is 2. The number of nitrogens with one attached hydrogen (secondary N) is 1. The molecule has 1 heterocycles. The zero-order chi connectivity index (χ0) is 16.3. The number of anilines is 2. The van der Waals surface area contributed by atoms with E-state index in [0.717, 1.165) is 31.6 Å². The van der Waals surface area contributed by atoms with Crippen molar-refractivity contribution in [2.75, 3.05) is 23.3 Å². The second-order valence-electron chi connectivity index (χ2n) is 6.79. The zero-order valence-corrected chi connectivity index (χ0v) is 13.5. The van der Waals surface area contributed by atoms with Gasteiger partial charge in [0.05, 0.1) is 11.3 Å². The highest BCUT2D eigenvalue weighted by atomic mass is 16.4. The third kappa shape index (κ3) is 3.78. The average molecular weight is 304 g/mol. The van der Waals surface area contributed by atoms with Crippen LogP contribution in [0.4, 0.5) is 11.4 Å². The summed E-state index contributed by atoms with van der Waals surface area (Å²) in [6.07, 6.45) is 3.48. The second-order valence-corrected chi connectivity index (χ2v) is 6.79. The van der Waals surface area contributed by atoms with E-state index in [1.165, 1.54) is 6.42 Å². The third-order valence-electron chi connectivity index (χ3n) is 3.88. The maximum atomic E-state index is 12.1. The first-order chi connectivity index (χ1) is 10.3. The van der Waals surface area contributed by atoms with Crippen LogP contribution in [0.25, 0.3) is 0 Å². The lowest BCUT2D eigenvalue weighted by Gasteiger charge is -2.29. The maximum absolute atomic E-state index is 12.1. The molecule has 5 heteroatoms. The molecule has 0 spiro atoms. The molecule has 1 fully saturated rings. The number of rotatable bonds is 3. The van der Waals surface area contributed by atoms with Gasteiger partial charge in [0.15, 0.2) is 0 Å². The third-order valence-corrected chi connectivity index (χ3v) is 3.88. The topological polar surface area (TPSA) is 69.6 Å². The Hall–Kier alpha value is -2.04. The minimum absolute atomic E-state index is 0.140. The number of benzene rings is 1. The van der Waals surface area contributed by atoms with Gasteiger partial charge in [-0.1, -0.05) is 20.8 Å². The molecule has 0 radical (unpaired) electrons. The summed E-state index contributed by atoms with van der Waals surface area (Å²) in [5.74, 6) is -1.22. The van der Waals surface area contributed by atoms with Crippen LogP contribution in [-0.4, -0.2) is 30.1 Å². The first-order valence-electron chi connectivity index (χ1n) is 7.73. The molecule has 0 atom stereocenters. The first-order valence-corrected chi connectivity index (χ1v) is 7.73. The van der Waals surface area contributed by atoms with Gasteiger partial charge in [-0.05, 0) is 37.5 Å². The number of piperidine rings is 1. The zero-order valence-electron chi connectivity index (χ0n) is 13.5. The Balaban J connectivity index is 2.27. The summed E-state index contributed by atoms with van der Waals surface area (Å²) in [6, 6.07) is 5.24. The SMILES string of the molecule is CC(C)(C)C(=O)Nc1ccc(N2CCCCC2)cc1C(=O)O. The van der Waals surface area contributed by atoms with Crippen LogP contribution in [-0.2, 0) is 4.79 Å². The highest BCUT2D eigenvalue weighted by Gasteiger charge is 2.24. The van der Waals surface area contributed by atoms with Crippen molar-refractivity contribution in [3.8, 4) is 0 Å². The fourth-order valence-electron chi connectivity index (χ4n) is 2.48. The van der Waals surface area contributed by atoms with E-state index < -0.39 is 11.4 Å². The number of carboxylic acids is 1. The van der Waals surface area contributed by atoms with E-state index in [9.17, 15) is 14.7 Å². The van der Waals surface area contributed by atoms with Gasteiger partial charge in [0.25, 0.3) is 0 Å². The van der Waals surface area contributed by atoms with Gasteiger partial charge in [0.2, 0.25) is 5.91 Å². The summed E-state index contributed by atoms with van der Waals surface area (Å²) in [7, 11) is 0. The highest BCUT2D eigenvalue weighted by Crippen LogP contribution is 2.27. The predicted molar refractivity (Wildman–Crippen MR) is 87.6 cm³/mol. The van der Waals surface area contributed by atoms with Gasteiger partial charge >= 0.3 is 5.97 Å². The number of hydrogen-bond donors (Lipinski definition) is 2. The fraction of sp³-hybridized carbons (Fsp3) is 0.529. The molecule has 1 amide bonds. The standard InChI is InChI=1S/C17H24N2O3/c1-17(2,3)16(22)18-14-8-7-12(11-13(14)15(20)21)19-9-5-4-6-10-19/h7-8,11H,4-6,9-10H2,1-3H3,(H,18,22)(H,20,21). The summed E-state index contributed by atoms with van der Waals surface area (Å²) in [4.78, 5) is 25.8. The Morgan fingerprint density at radius 3 is 2.32 bits per heavy atom. The molecule has 5 nitrogen and oxygen atoms in total. The lowest BCUT2D eigenvalue weighted by Crippen LogP contribution is -2.30. The Morgan fingerprint density at radius 2 is 1.77 bits per heavy atom. The van der Waals surface area contributed by atoms with Gasteiger partial charge in [0.1, 0.15) is 0 Å². The quantitative estimate of drug-likeness (QED) is 0.898. The molecule has 1 aromatic rings. The van der Waals surface area contributed by atoms with E-state index >= 15 is 0 Å². The molecule has 120 valence electrons. The van der Waals surface area contributed by atoms with E-state index in [-0.39, 0.29) is 11.5 Å². The van der Waals surface area contributed by atoms with Crippen molar-refractivity contribution in [3.63, 3.8) is 0 Å². The summed E-state index contributed by atoms with van der Waals surface area (Å²) < 4.78 is 0. The van der Waals surface area contributed by atoms with Crippen LogP contribution >= 0.6 is 0 Å². The minimum atomic E-state index is -1.02. The van der Waals surface area contributed by atoms with Gasteiger partial charge in [-0.3, -0.25) is 4.79 Å². The van der Waals surface area contributed by atoms with Crippen molar-refractivity contribution in [1.29, 1.82) is 0 Å². The molecule has 0 bridgehead atoms. The monoisotopic (exact) mass is 304 g/mol. The molecule has 1 aliphatic heterocycles.